The quantitative estimate of drug-likeness (QED) is 0.344. The normalized spacial score (nSPS) is 17.6. The van der Waals surface area contributed by atoms with Crippen LogP contribution in [0.25, 0.3) is 5.76 Å². The Hall–Kier alpha value is -4.07. The van der Waals surface area contributed by atoms with Gasteiger partial charge in [-0.3, -0.25) is 19.5 Å². The van der Waals surface area contributed by atoms with E-state index in [0.29, 0.717) is 5.75 Å². The molecule has 1 fully saturated rings. The number of hydrogen-bond acceptors (Lipinski definition) is 5. The molecule has 0 saturated carbocycles. The fourth-order valence-corrected chi connectivity index (χ4v) is 3.71. The molecular weight excluding hydrogens is 430 g/mol. The lowest BCUT2D eigenvalue weighted by molar-refractivity contribution is -0.132. The zero-order valence-electron chi connectivity index (χ0n) is 17.8. The standard InChI is InChI=1S/C25H20F2N2O4/c1-14(2)33-17-7-5-6-15(12-17)23(30)21-22(19-8-3-4-11-28-19)29(25(32)24(21)31)20-13-16(26)9-10-18(20)27/h3-14,22,30H,1-2H3/b23-21+. The molecule has 6 nitrogen and oxygen atoms in total. The molecule has 4 rings (SSSR count). The number of aromatic nitrogens is 1. The number of hydrogen-bond donors (Lipinski definition) is 1. The van der Waals surface area contributed by atoms with E-state index in [-0.39, 0.29) is 22.9 Å². The molecule has 1 aromatic heterocycles. The van der Waals surface area contributed by atoms with Crippen molar-refractivity contribution in [2.75, 3.05) is 4.90 Å². The van der Waals surface area contributed by atoms with E-state index >= 15 is 0 Å². The predicted octanol–water partition coefficient (Wildman–Crippen LogP) is 4.77. The molecule has 0 spiro atoms. The van der Waals surface area contributed by atoms with E-state index in [4.69, 9.17) is 4.74 Å². The summed E-state index contributed by atoms with van der Waals surface area (Å²) < 4.78 is 34.2. The molecular formula is C25H20F2N2O4. The Balaban J connectivity index is 1.93. The number of rotatable bonds is 5. The second-order valence-electron chi connectivity index (χ2n) is 7.71. The fraction of sp³-hybridized carbons (Fsp3) is 0.160. The zero-order valence-corrected chi connectivity index (χ0v) is 17.8. The molecule has 1 N–H and O–H groups in total. The van der Waals surface area contributed by atoms with E-state index in [1.54, 1.807) is 30.3 Å². The molecule has 1 amide bonds. The Morgan fingerprint density at radius 2 is 1.85 bits per heavy atom. The highest BCUT2D eigenvalue weighted by molar-refractivity contribution is 6.51. The van der Waals surface area contributed by atoms with Crippen molar-refractivity contribution >= 4 is 23.1 Å². The Labute approximate surface area is 188 Å². The summed E-state index contributed by atoms with van der Waals surface area (Å²) in [6.45, 7) is 3.68. The van der Waals surface area contributed by atoms with Crippen LogP contribution in [0.4, 0.5) is 14.5 Å². The van der Waals surface area contributed by atoms with Crippen LogP contribution in [0, 0.1) is 11.6 Å². The van der Waals surface area contributed by atoms with Crippen molar-refractivity contribution in [3.05, 3.63) is 95.3 Å². The van der Waals surface area contributed by atoms with Gasteiger partial charge in [0.15, 0.2) is 0 Å². The first-order valence-corrected chi connectivity index (χ1v) is 10.2. The third-order valence-corrected chi connectivity index (χ3v) is 5.06. The van der Waals surface area contributed by atoms with E-state index in [2.05, 4.69) is 4.98 Å². The average Bonchev–Trinajstić information content (AvgIpc) is 3.06. The summed E-state index contributed by atoms with van der Waals surface area (Å²) in [6.07, 6.45) is 1.31. The van der Waals surface area contributed by atoms with Gasteiger partial charge in [-0.15, -0.1) is 0 Å². The van der Waals surface area contributed by atoms with E-state index < -0.39 is 40.8 Å². The van der Waals surface area contributed by atoms with Crippen molar-refractivity contribution in [2.45, 2.75) is 26.0 Å². The summed E-state index contributed by atoms with van der Waals surface area (Å²) in [5, 5.41) is 11.1. The Morgan fingerprint density at radius 3 is 2.55 bits per heavy atom. The molecule has 168 valence electrons. The van der Waals surface area contributed by atoms with E-state index in [1.807, 2.05) is 13.8 Å². The van der Waals surface area contributed by atoms with Crippen molar-refractivity contribution in [2.24, 2.45) is 0 Å². The second-order valence-corrected chi connectivity index (χ2v) is 7.71. The molecule has 0 aliphatic carbocycles. The maximum absolute atomic E-state index is 14.6. The van der Waals surface area contributed by atoms with Crippen molar-refractivity contribution in [1.82, 2.24) is 4.98 Å². The Bertz CT molecular complexity index is 1260. The van der Waals surface area contributed by atoms with Crippen molar-refractivity contribution in [1.29, 1.82) is 0 Å². The lowest BCUT2D eigenvalue weighted by Crippen LogP contribution is -2.30. The molecule has 1 unspecified atom stereocenters. The van der Waals surface area contributed by atoms with Crippen LogP contribution in [0.15, 0.2) is 72.4 Å². The van der Waals surface area contributed by atoms with Crippen LogP contribution in [0.1, 0.15) is 31.1 Å². The summed E-state index contributed by atoms with van der Waals surface area (Å²) in [4.78, 5) is 31.1. The van der Waals surface area contributed by atoms with Gasteiger partial charge in [-0.05, 0) is 50.2 Å². The number of halogens is 2. The van der Waals surface area contributed by atoms with Gasteiger partial charge in [0.05, 0.1) is 23.1 Å². The lowest BCUT2D eigenvalue weighted by Gasteiger charge is -2.25. The molecule has 33 heavy (non-hydrogen) atoms. The molecule has 1 atom stereocenters. The summed E-state index contributed by atoms with van der Waals surface area (Å²) in [5.74, 6) is -3.85. The largest absolute Gasteiger partial charge is 0.507 e. The van der Waals surface area contributed by atoms with Gasteiger partial charge in [0.25, 0.3) is 11.7 Å². The first-order valence-electron chi connectivity index (χ1n) is 10.2. The molecule has 0 radical (unpaired) electrons. The molecule has 1 saturated heterocycles. The summed E-state index contributed by atoms with van der Waals surface area (Å²) >= 11 is 0. The first kappa shape index (κ1) is 22.1. The van der Waals surface area contributed by atoms with Crippen LogP contribution >= 0.6 is 0 Å². The van der Waals surface area contributed by atoms with Gasteiger partial charge in [-0.2, -0.15) is 0 Å². The highest BCUT2D eigenvalue weighted by atomic mass is 19.1. The van der Waals surface area contributed by atoms with E-state index in [9.17, 15) is 23.5 Å². The third-order valence-electron chi connectivity index (χ3n) is 5.06. The van der Waals surface area contributed by atoms with Gasteiger partial charge in [0, 0.05) is 17.8 Å². The minimum atomic E-state index is -1.27. The topological polar surface area (TPSA) is 79.7 Å². The summed E-state index contributed by atoms with van der Waals surface area (Å²) in [5.41, 5.74) is -0.281. The number of benzene rings is 2. The van der Waals surface area contributed by atoms with Gasteiger partial charge < -0.3 is 9.84 Å². The average molecular weight is 450 g/mol. The van der Waals surface area contributed by atoms with E-state index in [0.717, 1.165) is 23.1 Å². The van der Waals surface area contributed by atoms with Crippen molar-refractivity contribution < 1.29 is 28.2 Å². The minimum Gasteiger partial charge on any atom is -0.507 e. The number of ketones is 1. The molecule has 0 bridgehead atoms. The third kappa shape index (κ3) is 4.19. The molecule has 3 aromatic rings. The number of pyridine rings is 1. The number of ether oxygens (including phenoxy) is 1. The number of amides is 1. The highest BCUT2D eigenvalue weighted by Crippen LogP contribution is 2.42. The van der Waals surface area contributed by atoms with Gasteiger partial charge >= 0.3 is 0 Å². The lowest BCUT2D eigenvalue weighted by atomic mass is 9.98. The van der Waals surface area contributed by atoms with Crippen LogP contribution in [0.5, 0.6) is 5.75 Å². The van der Waals surface area contributed by atoms with Crippen LogP contribution in [0.2, 0.25) is 0 Å². The number of anilines is 1. The van der Waals surface area contributed by atoms with E-state index in [1.165, 1.54) is 18.3 Å². The molecule has 2 heterocycles. The molecule has 2 aromatic carbocycles. The molecule has 1 aliphatic rings. The maximum Gasteiger partial charge on any atom is 0.300 e. The second kappa shape index (κ2) is 8.82. The number of Topliss-reactive ketones (excluding diaryl/α,β-unsaturated/α-hetero) is 1. The summed E-state index contributed by atoms with van der Waals surface area (Å²) in [7, 11) is 0. The SMILES string of the molecule is CC(C)Oc1cccc(/C(O)=C2\C(=O)C(=O)N(c3cc(F)ccc3F)C2c2ccccn2)c1. The van der Waals surface area contributed by atoms with Gasteiger partial charge in [0.2, 0.25) is 0 Å². The van der Waals surface area contributed by atoms with Gasteiger partial charge in [0.1, 0.15) is 29.2 Å². The Kier molecular flexibility index (Phi) is 5.91. The number of aliphatic hydroxyl groups is 1. The summed E-state index contributed by atoms with van der Waals surface area (Å²) in [6, 6.07) is 12.5. The first-order chi connectivity index (χ1) is 15.8. The van der Waals surface area contributed by atoms with Crippen LogP contribution in [-0.4, -0.2) is 27.9 Å². The highest BCUT2D eigenvalue weighted by Gasteiger charge is 2.48. The number of carbonyl (C=O) groups excluding carboxylic acids is 2. The van der Waals surface area contributed by atoms with Gasteiger partial charge in [-0.1, -0.05) is 18.2 Å². The van der Waals surface area contributed by atoms with Crippen molar-refractivity contribution in [3.8, 4) is 5.75 Å². The number of nitrogens with zero attached hydrogens (tertiary/aromatic N) is 2. The zero-order chi connectivity index (χ0) is 23.7. The van der Waals surface area contributed by atoms with Crippen molar-refractivity contribution in [3.63, 3.8) is 0 Å². The Morgan fingerprint density at radius 1 is 1.06 bits per heavy atom. The van der Waals surface area contributed by atoms with Gasteiger partial charge in [-0.25, -0.2) is 8.78 Å². The monoisotopic (exact) mass is 450 g/mol. The van der Waals surface area contributed by atoms with Crippen LogP contribution < -0.4 is 9.64 Å². The van der Waals surface area contributed by atoms with Crippen LogP contribution in [0.3, 0.4) is 0 Å². The molecule has 8 heteroatoms. The fourth-order valence-electron chi connectivity index (χ4n) is 3.71. The van der Waals surface area contributed by atoms with Crippen LogP contribution in [-0.2, 0) is 9.59 Å². The minimum absolute atomic E-state index is 0.127. The maximum atomic E-state index is 14.6. The number of carbonyl (C=O) groups is 2. The molecule has 1 aliphatic heterocycles. The smallest absolute Gasteiger partial charge is 0.300 e. The predicted molar refractivity (Wildman–Crippen MR) is 118 cm³/mol. The number of aliphatic hydroxyl groups excluding tert-OH is 1.